The average molecular weight is 482 g/mol. The number of aliphatic imine (C=N–C) groups is 1. The Balaban J connectivity index is 2.76. The number of nitrogens with one attached hydrogen (secondary N) is 3. The molecule has 12 nitrogen and oxygen atoms in total. The lowest BCUT2D eigenvalue weighted by Crippen LogP contribution is -2.57. The topological polar surface area (TPSA) is 215 Å². The van der Waals surface area contributed by atoms with Gasteiger partial charge in [-0.3, -0.25) is 24.2 Å². The molecule has 3 atom stereocenters. The van der Waals surface area contributed by atoms with Crippen molar-refractivity contribution in [1.29, 1.82) is 0 Å². The average Bonchev–Trinajstić information content (AvgIpc) is 2.78. The number of benzene rings is 1. The summed E-state index contributed by atoms with van der Waals surface area (Å²) >= 11 is 4.11. The Morgan fingerprint density at radius 2 is 1.64 bits per heavy atom. The number of nitrogens with two attached hydrogens (primary N) is 3. The second kappa shape index (κ2) is 14.7. The van der Waals surface area contributed by atoms with Crippen LogP contribution in [0.1, 0.15) is 18.4 Å². The molecule has 0 aliphatic heterocycles. The summed E-state index contributed by atoms with van der Waals surface area (Å²) < 4.78 is 0. The summed E-state index contributed by atoms with van der Waals surface area (Å²) in [7, 11) is 0. The molecule has 0 saturated heterocycles. The number of carboxylic acid groups (broad SMARTS) is 1. The Kier molecular flexibility index (Phi) is 12.3. The summed E-state index contributed by atoms with van der Waals surface area (Å²) in [4.78, 5) is 52.2. The van der Waals surface area contributed by atoms with Crippen molar-refractivity contribution in [2.24, 2.45) is 22.2 Å². The lowest BCUT2D eigenvalue weighted by Gasteiger charge is -2.23. The molecule has 10 N–H and O–H groups in total. The quantitative estimate of drug-likeness (QED) is 0.0624. The van der Waals surface area contributed by atoms with Crippen LogP contribution in [0.25, 0.3) is 0 Å². The van der Waals surface area contributed by atoms with Gasteiger partial charge in [0, 0.05) is 18.7 Å². The van der Waals surface area contributed by atoms with E-state index in [1.165, 1.54) is 0 Å². The monoisotopic (exact) mass is 481 g/mol. The molecule has 0 saturated carbocycles. The number of amides is 3. The maximum absolute atomic E-state index is 12.8. The number of rotatable bonds is 14. The Labute approximate surface area is 197 Å². The summed E-state index contributed by atoms with van der Waals surface area (Å²) in [5.74, 6) is -3.22. The van der Waals surface area contributed by atoms with Gasteiger partial charge in [-0.25, -0.2) is 0 Å². The fourth-order valence-electron chi connectivity index (χ4n) is 2.74. The summed E-state index contributed by atoms with van der Waals surface area (Å²) in [6.07, 6.45) is 0.875. The maximum atomic E-state index is 12.8. The van der Waals surface area contributed by atoms with Gasteiger partial charge in [0.05, 0.1) is 6.04 Å². The Hall–Kier alpha value is -3.32. The number of nitrogens with zero attached hydrogens (tertiary/aromatic N) is 1. The van der Waals surface area contributed by atoms with Crippen molar-refractivity contribution < 1.29 is 24.3 Å². The number of hydrogen-bond donors (Lipinski definition) is 8. The van der Waals surface area contributed by atoms with Gasteiger partial charge in [-0.05, 0) is 18.4 Å². The SMILES string of the molecule is NC(N)=NCCCC(N)C(=O)NC(CS)C(=O)NC(Cc1ccccc1)C(=O)NCC(=O)O. The van der Waals surface area contributed by atoms with Gasteiger partial charge in [-0.1, -0.05) is 30.3 Å². The molecule has 13 heteroatoms. The highest BCUT2D eigenvalue weighted by Gasteiger charge is 2.27. The van der Waals surface area contributed by atoms with Crippen molar-refractivity contribution in [3.63, 3.8) is 0 Å². The number of hydrogen-bond acceptors (Lipinski definition) is 7. The van der Waals surface area contributed by atoms with Gasteiger partial charge >= 0.3 is 5.97 Å². The van der Waals surface area contributed by atoms with Crippen molar-refractivity contribution in [3.05, 3.63) is 35.9 Å². The van der Waals surface area contributed by atoms with Crippen LogP contribution in [-0.2, 0) is 25.6 Å². The molecule has 0 aliphatic rings. The lowest BCUT2D eigenvalue weighted by molar-refractivity contribution is -0.138. The van der Waals surface area contributed by atoms with Crippen molar-refractivity contribution in [2.75, 3.05) is 18.8 Å². The molecule has 1 aromatic rings. The molecular formula is C20H31N7O5S. The van der Waals surface area contributed by atoms with Gasteiger partial charge < -0.3 is 38.3 Å². The molecule has 3 unspecified atom stereocenters. The molecule has 1 aromatic carbocycles. The van der Waals surface area contributed by atoms with E-state index in [9.17, 15) is 19.2 Å². The van der Waals surface area contributed by atoms with Crippen molar-refractivity contribution in [1.82, 2.24) is 16.0 Å². The molecule has 0 fully saturated rings. The summed E-state index contributed by atoms with van der Waals surface area (Å²) in [5, 5.41) is 16.1. The van der Waals surface area contributed by atoms with Gasteiger partial charge in [0.1, 0.15) is 18.6 Å². The van der Waals surface area contributed by atoms with E-state index in [0.29, 0.717) is 13.0 Å². The van der Waals surface area contributed by atoms with E-state index >= 15 is 0 Å². The number of aliphatic carboxylic acids is 1. The van der Waals surface area contributed by atoms with Gasteiger partial charge in [0.15, 0.2) is 5.96 Å². The summed E-state index contributed by atoms with van der Waals surface area (Å²) in [6.45, 7) is -0.284. The highest BCUT2D eigenvalue weighted by Crippen LogP contribution is 2.05. The zero-order chi connectivity index (χ0) is 24.8. The largest absolute Gasteiger partial charge is 0.480 e. The van der Waals surface area contributed by atoms with Gasteiger partial charge in [-0.2, -0.15) is 12.6 Å². The number of carbonyl (C=O) groups excluding carboxylic acids is 3. The first-order valence-electron chi connectivity index (χ1n) is 10.2. The summed E-state index contributed by atoms with van der Waals surface area (Å²) in [6, 6.07) is 5.86. The second-order valence-electron chi connectivity index (χ2n) is 7.16. The third kappa shape index (κ3) is 11.2. The second-order valence-corrected chi connectivity index (χ2v) is 7.53. The third-order valence-corrected chi connectivity index (χ3v) is 4.81. The predicted octanol–water partition coefficient (Wildman–Crippen LogP) is -2.29. The van der Waals surface area contributed by atoms with Crippen molar-refractivity contribution in [3.8, 4) is 0 Å². The molecule has 33 heavy (non-hydrogen) atoms. The van der Waals surface area contributed by atoms with Crippen LogP contribution in [0.15, 0.2) is 35.3 Å². The zero-order valence-electron chi connectivity index (χ0n) is 18.1. The minimum Gasteiger partial charge on any atom is -0.480 e. The molecule has 0 aliphatic carbocycles. The van der Waals surface area contributed by atoms with Crippen molar-refractivity contribution in [2.45, 2.75) is 37.4 Å². The molecule has 1 rings (SSSR count). The Morgan fingerprint density at radius 3 is 2.21 bits per heavy atom. The van der Waals surface area contributed by atoms with Crippen LogP contribution in [-0.4, -0.2) is 71.7 Å². The molecule has 182 valence electrons. The first-order chi connectivity index (χ1) is 15.6. The molecule has 3 amide bonds. The highest BCUT2D eigenvalue weighted by atomic mass is 32.1. The summed E-state index contributed by atoms with van der Waals surface area (Å²) in [5.41, 5.74) is 17.1. The molecular weight excluding hydrogens is 450 g/mol. The van der Waals surface area contributed by atoms with Crippen LogP contribution < -0.4 is 33.2 Å². The predicted molar refractivity (Wildman–Crippen MR) is 126 cm³/mol. The smallest absolute Gasteiger partial charge is 0.322 e. The normalized spacial score (nSPS) is 13.2. The van der Waals surface area contributed by atoms with Crippen LogP contribution in [0.5, 0.6) is 0 Å². The Bertz CT molecular complexity index is 833. The lowest BCUT2D eigenvalue weighted by atomic mass is 10.0. The van der Waals surface area contributed by atoms with E-state index in [2.05, 4.69) is 33.6 Å². The first kappa shape index (κ1) is 27.7. The van der Waals surface area contributed by atoms with E-state index < -0.39 is 48.4 Å². The molecule has 0 heterocycles. The van der Waals surface area contributed by atoms with Gasteiger partial charge in [0.2, 0.25) is 17.7 Å². The Morgan fingerprint density at radius 1 is 1.00 bits per heavy atom. The fraction of sp³-hybridized carbons (Fsp3) is 0.450. The minimum atomic E-state index is -1.22. The fourth-order valence-corrected chi connectivity index (χ4v) is 3.00. The zero-order valence-corrected chi connectivity index (χ0v) is 19.0. The standard InChI is InChI=1S/C20H31N7O5S/c21-13(7-4-8-24-20(22)23)17(30)27-15(11-33)19(32)26-14(18(31)25-10-16(28)29)9-12-5-2-1-3-6-12/h1-3,5-6,13-15,33H,4,7-11,21H2,(H,25,31)(H,26,32)(H,27,30)(H,28,29)(H4,22,23,24). The minimum absolute atomic E-state index is 0.0485. The van der Waals surface area contributed by atoms with E-state index in [-0.39, 0.29) is 24.6 Å². The van der Waals surface area contributed by atoms with E-state index in [1.807, 2.05) is 0 Å². The van der Waals surface area contributed by atoms with Crippen LogP contribution in [0.4, 0.5) is 0 Å². The number of carbonyl (C=O) groups is 4. The maximum Gasteiger partial charge on any atom is 0.322 e. The number of guanidine groups is 1. The van der Waals surface area contributed by atoms with Gasteiger partial charge in [0.25, 0.3) is 0 Å². The molecule has 0 spiro atoms. The van der Waals surface area contributed by atoms with E-state index in [4.69, 9.17) is 22.3 Å². The first-order valence-corrected chi connectivity index (χ1v) is 10.8. The molecule has 0 bridgehead atoms. The highest BCUT2D eigenvalue weighted by molar-refractivity contribution is 7.80. The third-order valence-electron chi connectivity index (χ3n) is 4.45. The van der Waals surface area contributed by atoms with Crippen LogP contribution in [0.2, 0.25) is 0 Å². The van der Waals surface area contributed by atoms with E-state index in [1.54, 1.807) is 30.3 Å². The molecule has 0 radical (unpaired) electrons. The van der Waals surface area contributed by atoms with Crippen LogP contribution in [0.3, 0.4) is 0 Å². The number of carboxylic acids is 1. The van der Waals surface area contributed by atoms with Crippen molar-refractivity contribution >= 4 is 42.3 Å². The van der Waals surface area contributed by atoms with E-state index in [0.717, 1.165) is 5.56 Å². The van der Waals surface area contributed by atoms with Crippen LogP contribution in [0, 0.1) is 0 Å². The van der Waals surface area contributed by atoms with Crippen LogP contribution >= 0.6 is 12.6 Å². The van der Waals surface area contributed by atoms with Gasteiger partial charge in [-0.15, -0.1) is 0 Å². The molecule has 0 aromatic heterocycles. The number of thiol groups is 1.